The van der Waals surface area contributed by atoms with Crippen LogP contribution < -0.4 is 0 Å². The van der Waals surface area contributed by atoms with Crippen molar-refractivity contribution in [2.75, 3.05) is 6.61 Å². The fourth-order valence-corrected chi connectivity index (χ4v) is 3.28. The van der Waals surface area contributed by atoms with Crippen molar-refractivity contribution in [2.45, 2.75) is 33.4 Å². The highest BCUT2D eigenvalue weighted by molar-refractivity contribution is 7.09. The fraction of sp³-hybridized carbons (Fsp3) is 0.353. The van der Waals surface area contributed by atoms with Gasteiger partial charge >= 0.3 is 5.97 Å². The quantitative estimate of drug-likeness (QED) is 0.388. The molecule has 2 rings (SSSR count). The highest BCUT2D eigenvalue weighted by Gasteiger charge is 2.24. The van der Waals surface area contributed by atoms with Crippen LogP contribution in [0.4, 0.5) is 5.69 Å². The fourth-order valence-electron chi connectivity index (χ4n) is 2.26. The Bertz CT molecular complexity index is 868. The number of esters is 1. The van der Waals surface area contributed by atoms with Gasteiger partial charge in [0.05, 0.1) is 28.7 Å². The average molecular weight is 412 g/mol. The lowest BCUT2D eigenvalue weighted by Crippen LogP contribution is -2.36. The molecule has 0 spiro atoms. The lowest BCUT2D eigenvalue weighted by atomic mass is 10.1. The Labute approximate surface area is 164 Å². The SMILES string of the molecule is CCOC(=O)c1csc(CN(C(=O)c2ccc([N+](=O)[O-])cc2Cl)C(C)C)n1. The van der Waals surface area contributed by atoms with E-state index in [2.05, 4.69) is 4.98 Å². The molecule has 1 heterocycles. The van der Waals surface area contributed by atoms with E-state index in [-0.39, 0.29) is 47.1 Å². The molecule has 1 aromatic heterocycles. The average Bonchev–Trinajstić information content (AvgIpc) is 3.07. The van der Waals surface area contributed by atoms with Gasteiger partial charge in [-0.05, 0) is 26.8 Å². The minimum atomic E-state index is -0.577. The minimum absolute atomic E-state index is 0.00574. The topological polar surface area (TPSA) is 103 Å². The molecule has 0 aliphatic rings. The summed E-state index contributed by atoms with van der Waals surface area (Å²) >= 11 is 7.32. The van der Waals surface area contributed by atoms with E-state index in [4.69, 9.17) is 16.3 Å². The first-order chi connectivity index (χ1) is 12.7. The van der Waals surface area contributed by atoms with Gasteiger partial charge in [-0.25, -0.2) is 9.78 Å². The normalized spacial score (nSPS) is 10.7. The molecule has 27 heavy (non-hydrogen) atoms. The van der Waals surface area contributed by atoms with Crippen LogP contribution in [-0.4, -0.2) is 39.3 Å². The number of benzene rings is 1. The molecule has 2 aromatic rings. The van der Waals surface area contributed by atoms with Crippen LogP contribution in [0.2, 0.25) is 5.02 Å². The van der Waals surface area contributed by atoms with Crippen LogP contribution in [0.25, 0.3) is 0 Å². The number of ether oxygens (including phenoxy) is 1. The summed E-state index contributed by atoms with van der Waals surface area (Å²) in [6.45, 7) is 5.79. The molecule has 0 fully saturated rings. The van der Waals surface area contributed by atoms with Gasteiger partial charge in [0.15, 0.2) is 5.69 Å². The van der Waals surface area contributed by atoms with Crippen molar-refractivity contribution in [1.82, 2.24) is 9.88 Å². The highest BCUT2D eigenvalue weighted by Crippen LogP contribution is 2.25. The van der Waals surface area contributed by atoms with E-state index >= 15 is 0 Å². The molecule has 0 aliphatic carbocycles. The molecule has 144 valence electrons. The smallest absolute Gasteiger partial charge is 0.357 e. The van der Waals surface area contributed by atoms with Crippen molar-refractivity contribution in [3.05, 3.63) is 55.0 Å². The van der Waals surface area contributed by atoms with Crippen LogP contribution in [0.3, 0.4) is 0 Å². The Morgan fingerprint density at radius 3 is 2.67 bits per heavy atom. The molecule has 0 saturated heterocycles. The molecule has 0 saturated carbocycles. The summed E-state index contributed by atoms with van der Waals surface area (Å²) < 4.78 is 4.91. The summed E-state index contributed by atoms with van der Waals surface area (Å²) in [5.74, 6) is -0.890. The third-order valence-corrected chi connectivity index (χ3v) is 4.77. The lowest BCUT2D eigenvalue weighted by Gasteiger charge is -2.26. The molecule has 10 heteroatoms. The highest BCUT2D eigenvalue weighted by atomic mass is 35.5. The van der Waals surface area contributed by atoms with Crippen LogP contribution in [0, 0.1) is 10.1 Å². The van der Waals surface area contributed by atoms with Crippen LogP contribution in [-0.2, 0) is 11.3 Å². The maximum atomic E-state index is 12.9. The number of rotatable bonds is 7. The van der Waals surface area contributed by atoms with Crippen LogP contribution in [0.15, 0.2) is 23.6 Å². The number of thiazole rings is 1. The number of amides is 1. The number of nitro benzene ring substituents is 1. The number of nitro groups is 1. The van der Waals surface area contributed by atoms with Crippen LogP contribution >= 0.6 is 22.9 Å². The molecule has 1 amide bonds. The predicted octanol–water partition coefficient (Wildman–Crippen LogP) is 3.93. The van der Waals surface area contributed by atoms with Gasteiger partial charge in [0.2, 0.25) is 0 Å². The molecule has 0 N–H and O–H groups in total. The van der Waals surface area contributed by atoms with E-state index in [1.165, 1.54) is 28.4 Å². The monoisotopic (exact) mass is 411 g/mol. The van der Waals surface area contributed by atoms with Crippen molar-refractivity contribution < 1.29 is 19.2 Å². The zero-order chi connectivity index (χ0) is 20.1. The maximum absolute atomic E-state index is 12.9. The first-order valence-electron chi connectivity index (χ1n) is 8.11. The standard InChI is InChI=1S/C17H18ClN3O5S/c1-4-26-17(23)14-9-27-15(19-14)8-20(10(2)3)16(22)12-6-5-11(21(24)25)7-13(12)18/h5-7,9-10H,4,8H2,1-3H3. The number of halogens is 1. The van der Waals surface area contributed by atoms with E-state index in [0.29, 0.717) is 5.01 Å². The van der Waals surface area contributed by atoms with Crippen molar-refractivity contribution in [2.24, 2.45) is 0 Å². The zero-order valence-electron chi connectivity index (χ0n) is 15.0. The number of hydrogen-bond acceptors (Lipinski definition) is 7. The Morgan fingerprint density at radius 2 is 2.11 bits per heavy atom. The molecule has 0 unspecified atom stereocenters. The maximum Gasteiger partial charge on any atom is 0.357 e. The zero-order valence-corrected chi connectivity index (χ0v) is 16.5. The van der Waals surface area contributed by atoms with Gasteiger partial charge in [0.1, 0.15) is 5.01 Å². The van der Waals surface area contributed by atoms with E-state index in [0.717, 1.165) is 6.07 Å². The third kappa shape index (κ3) is 5.01. The van der Waals surface area contributed by atoms with E-state index in [1.54, 1.807) is 12.3 Å². The Kier molecular flexibility index (Phi) is 6.86. The second kappa shape index (κ2) is 8.92. The summed E-state index contributed by atoms with van der Waals surface area (Å²) in [4.78, 5) is 40.6. The largest absolute Gasteiger partial charge is 0.461 e. The second-order valence-corrected chi connectivity index (χ2v) is 7.14. The Morgan fingerprint density at radius 1 is 1.41 bits per heavy atom. The summed E-state index contributed by atoms with van der Waals surface area (Å²) in [7, 11) is 0. The van der Waals surface area contributed by atoms with Gasteiger partial charge in [0.25, 0.3) is 11.6 Å². The molecule has 8 nitrogen and oxygen atoms in total. The van der Waals surface area contributed by atoms with Gasteiger partial charge in [-0.2, -0.15) is 0 Å². The van der Waals surface area contributed by atoms with Gasteiger partial charge < -0.3 is 9.64 Å². The molecule has 0 radical (unpaired) electrons. The van der Waals surface area contributed by atoms with Crippen LogP contribution in [0.5, 0.6) is 0 Å². The Hall–Kier alpha value is -2.52. The number of carbonyl (C=O) groups excluding carboxylic acids is 2. The summed E-state index contributed by atoms with van der Waals surface area (Å²) in [6.07, 6.45) is 0. The first-order valence-corrected chi connectivity index (χ1v) is 9.36. The molecule has 0 bridgehead atoms. The molecule has 0 atom stereocenters. The van der Waals surface area contributed by atoms with Crippen molar-refractivity contribution in [1.29, 1.82) is 0 Å². The third-order valence-electron chi connectivity index (χ3n) is 3.62. The van der Waals surface area contributed by atoms with Crippen molar-refractivity contribution in [3.63, 3.8) is 0 Å². The number of aromatic nitrogens is 1. The van der Waals surface area contributed by atoms with Crippen molar-refractivity contribution >= 4 is 40.5 Å². The van der Waals surface area contributed by atoms with Gasteiger partial charge in [0, 0.05) is 23.6 Å². The summed E-state index contributed by atoms with van der Waals surface area (Å²) in [5.41, 5.74) is 0.172. The number of hydrogen-bond donors (Lipinski definition) is 0. The number of carbonyl (C=O) groups is 2. The first kappa shape index (κ1) is 20.8. The van der Waals surface area contributed by atoms with E-state index in [9.17, 15) is 19.7 Å². The van der Waals surface area contributed by atoms with Gasteiger partial charge in [-0.15, -0.1) is 11.3 Å². The minimum Gasteiger partial charge on any atom is -0.461 e. The van der Waals surface area contributed by atoms with Crippen molar-refractivity contribution in [3.8, 4) is 0 Å². The molecular formula is C17H18ClN3O5S. The number of non-ortho nitro benzene ring substituents is 1. The van der Waals surface area contributed by atoms with Gasteiger partial charge in [-0.3, -0.25) is 14.9 Å². The summed E-state index contributed by atoms with van der Waals surface area (Å²) in [6, 6.07) is 3.54. The van der Waals surface area contributed by atoms with E-state index in [1.807, 2.05) is 13.8 Å². The Balaban J connectivity index is 2.24. The second-order valence-electron chi connectivity index (χ2n) is 5.80. The predicted molar refractivity (Wildman–Crippen MR) is 101 cm³/mol. The number of nitrogens with zero attached hydrogens (tertiary/aromatic N) is 3. The van der Waals surface area contributed by atoms with Gasteiger partial charge in [-0.1, -0.05) is 11.6 Å². The lowest BCUT2D eigenvalue weighted by molar-refractivity contribution is -0.384. The molecular weight excluding hydrogens is 394 g/mol. The van der Waals surface area contributed by atoms with Crippen LogP contribution in [0.1, 0.15) is 46.6 Å². The summed E-state index contributed by atoms with van der Waals surface area (Å²) in [5, 5.41) is 13.0. The molecule has 0 aliphatic heterocycles. The van der Waals surface area contributed by atoms with E-state index < -0.39 is 10.9 Å². The molecule has 1 aromatic carbocycles.